The van der Waals surface area contributed by atoms with E-state index in [1.165, 1.54) is 11.6 Å². The number of anilines is 1. The highest BCUT2D eigenvalue weighted by Gasteiger charge is 2.25. The molecule has 0 unspecified atom stereocenters. The minimum Gasteiger partial charge on any atom is -0.378 e. The molecule has 0 spiro atoms. The van der Waals surface area contributed by atoms with E-state index in [9.17, 15) is 8.42 Å². The molecule has 1 aromatic heterocycles. The lowest BCUT2D eigenvalue weighted by atomic mass is 10.1. The molecule has 0 bridgehead atoms. The molecule has 7 heteroatoms. The van der Waals surface area contributed by atoms with Gasteiger partial charge < -0.3 is 9.64 Å². The molecule has 2 N–H and O–H groups in total. The summed E-state index contributed by atoms with van der Waals surface area (Å²) in [5.41, 5.74) is 1.27. The first-order valence-corrected chi connectivity index (χ1v) is 9.97. The summed E-state index contributed by atoms with van der Waals surface area (Å²) >= 11 is 0. The van der Waals surface area contributed by atoms with Crippen LogP contribution in [-0.2, 0) is 21.2 Å². The van der Waals surface area contributed by atoms with Crippen molar-refractivity contribution in [3.63, 3.8) is 0 Å². The van der Waals surface area contributed by atoms with Gasteiger partial charge in [0.25, 0.3) is 0 Å². The summed E-state index contributed by atoms with van der Waals surface area (Å²) in [4.78, 5) is 6.27. The molecule has 0 radical (unpaired) electrons. The average Bonchev–Trinajstić information content (AvgIpc) is 2.63. The van der Waals surface area contributed by atoms with Crippen molar-refractivity contribution in [2.24, 2.45) is 5.14 Å². The van der Waals surface area contributed by atoms with Gasteiger partial charge in [-0.05, 0) is 37.0 Å². The zero-order valence-corrected chi connectivity index (χ0v) is 14.9. The fourth-order valence-electron chi connectivity index (χ4n) is 3.06. The van der Waals surface area contributed by atoms with E-state index >= 15 is 0 Å². The highest BCUT2D eigenvalue weighted by Crippen LogP contribution is 2.25. The van der Waals surface area contributed by atoms with Gasteiger partial charge in [0.2, 0.25) is 10.0 Å². The van der Waals surface area contributed by atoms with E-state index in [0.29, 0.717) is 25.5 Å². The summed E-state index contributed by atoms with van der Waals surface area (Å²) in [6, 6.07) is 13.4. The number of primary sulfonamides is 1. The zero-order valence-electron chi connectivity index (χ0n) is 14.0. The second kappa shape index (κ2) is 7.95. The number of sulfonamides is 1. The van der Waals surface area contributed by atoms with Gasteiger partial charge >= 0.3 is 0 Å². The predicted octanol–water partition coefficient (Wildman–Crippen LogP) is 1.96. The largest absolute Gasteiger partial charge is 0.378 e. The van der Waals surface area contributed by atoms with Crippen molar-refractivity contribution in [2.75, 3.05) is 24.6 Å². The molecular weight excluding hydrogens is 338 g/mol. The number of hydrogen-bond acceptors (Lipinski definition) is 5. The van der Waals surface area contributed by atoms with E-state index in [-0.39, 0.29) is 11.0 Å². The molecule has 1 fully saturated rings. The summed E-state index contributed by atoms with van der Waals surface area (Å²) in [6.07, 6.45) is 4.37. The Labute approximate surface area is 148 Å². The van der Waals surface area contributed by atoms with Crippen LogP contribution in [0.1, 0.15) is 18.4 Å². The molecule has 3 rings (SSSR count). The second-order valence-electron chi connectivity index (χ2n) is 6.16. The number of ether oxygens (including phenoxy) is 1. The number of piperidine rings is 1. The van der Waals surface area contributed by atoms with Crippen LogP contribution in [0, 0.1) is 0 Å². The molecular formula is C18H23N3O3S. The maximum absolute atomic E-state index is 11.7. The Morgan fingerprint density at radius 2 is 1.84 bits per heavy atom. The van der Waals surface area contributed by atoms with Gasteiger partial charge in [-0.3, -0.25) is 0 Å². The highest BCUT2D eigenvalue weighted by atomic mass is 32.2. The number of pyridine rings is 1. The Morgan fingerprint density at radius 3 is 2.52 bits per heavy atom. The lowest BCUT2D eigenvalue weighted by Gasteiger charge is -2.33. The third kappa shape index (κ3) is 4.78. The van der Waals surface area contributed by atoms with Gasteiger partial charge in [-0.15, -0.1) is 0 Å². The lowest BCUT2D eigenvalue weighted by molar-refractivity contribution is 0.0389. The van der Waals surface area contributed by atoms with E-state index in [2.05, 4.69) is 17.1 Å². The monoisotopic (exact) mass is 361 g/mol. The Bertz CT molecular complexity index is 788. The minimum atomic E-state index is -3.78. The number of aromatic nitrogens is 1. The number of hydrogen-bond donors (Lipinski definition) is 1. The highest BCUT2D eigenvalue weighted by molar-refractivity contribution is 7.89. The van der Waals surface area contributed by atoms with Crippen LogP contribution in [0.25, 0.3) is 0 Å². The topological polar surface area (TPSA) is 85.5 Å². The normalized spacial score (nSPS) is 16.1. The molecule has 1 aliphatic rings. The molecule has 6 nitrogen and oxygen atoms in total. The van der Waals surface area contributed by atoms with Crippen LogP contribution < -0.4 is 10.0 Å². The van der Waals surface area contributed by atoms with Crippen molar-refractivity contribution in [1.82, 2.24) is 4.98 Å². The zero-order chi connectivity index (χ0) is 17.7. The molecule has 0 saturated carbocycles. The maximum atomic E-state index is 11.7. The summed E-state index contributed by atoms with van der Waals surface area (Å²) < 4.78 is 29.4. The fourth-order valence-corrected chi connectivity index (χ4v) is 3.77. The molecule has 134 valence electrons. The molecule has 1 aliphatic heterocycles. The van der Waals surface area contributed by atoms with Gasteiger partial charge in [0.1, 0.15) is 10.7 Å². The van der Waals surface area contributed by atoms with Gasteiger partial charge in [0.05, 0.1) is 12.7 Å². The van der Waals surface area contributed by atoms with Crippen molar-refractivity contribution in [3.8, 4) is 0 Å². The SMILES string of the molecule is NS(=O)(=O)c1cccnc1N1CCC(OCCc2ccccc2)CC1. The standard InChI is InChI=1S/C18H23N3O3S/c19-25(22,23)17-7-4-11-20-18(17)21-12-8-16(9-13-21)24-14-10-15-5-2-1-3-6-15/h1-7,11,16H,8-10,12-14H2,(H2,19,22,23). The average molecular weight is 361 g/mol. The van der Waals surface area contributed by atoms with Crippen LogP contribution >= 0.6 is 0 Å². The van der Waals surface area contributed by atoms with Crippen LogP contribution in [0.4, 0.5) is 5.82 Å². The van der Waals surface area contributed by atoms with Gasteiger partial charge in [-0.1, -0.05) is 30.3 Å². The molecule has 0 aliphatic carbocycles. The molecule has 1 saturated heterocycles. The Balaban J connectivity index is 1.53. The summed E-state index contributed by atoms with van der Waals surface area (Å²) in [6.45, 7) is 2.10. The lowest BCUT2D eigenvalue weighted by Crippen LogP contribution is -2.38. The molecule has 0 amide bonds. The van der Waals surface area contributed by atoms with E-state index in [4.69, 9.17) is 9.88 Å². The number of nitrogens with two attached hydrogens (primary N) is 1. The van der Waals surface area contributed by atoms with E-state index in [1.807, 2.05) is 23.1 Å². The smallest absolute Gasteiger partial charge is 0.241 e. The summed E-state index contributed by atoms with van der Waals surface area (Å²) in [5.74, 6) is 0.438. The molecule has 2 aromatic rings. The van der Waals surface area contributed by atoms with Crippen molar-refractivity contribution in [2.45, 2.75) is 30.3 Å². The number of benzene rings is 1. The van der Waals surface area contributed by atoms with E-state index in [0.717, 1.165) is 19.3 Å². The third-order valence-corrected chi connectivity index (χ3v) is 5.32. The summed E-state index contributed by atoms with van der Waals surface area (Å²) in [7, 11) is -3.78. The van der Waals surface area contributed by atoms with Crippen LogP contribution in [0.5, 0.6) is 0 Å². The summed E-state index contributed by atoms with van der Waals surface area (Å²) in [5, 5.41) is 5.29. The van der Waals surface area contributed by atoms with Crippen molar-refractivity contribution >= 4 is 15.8 Å². The van der Waals surface area contributed by atoms with Gasteiger partial charge in [0.15, 0.2) is 0 Å². The van der Waals surface area contributed by atoms with Crippen molar-refractivity contribution in [1.29, 1.82) is 0 Å². The van der Waals surface area contributed by atoms with Crippen LogP contribution in [0.3, 0.4) is 0 Å². The van der Waals surface area contributed by atoms with Gasteiger partial charge in [0, 0.05) is 19.3 Å². The number of nitrogens with zero attached hydrogens (tertiary/aromatic N) is 2. The molecule has 25 heavy (non-hydrogen) atoms. The first-order chi connectivity index (χ1) is 12.0. The first-order valence-electron chi connectivity index (χ1n) is 8.42. The Morgan fingerprint density at radius 1 is 1.12 bits per heavy atom. The maximum Gasteiger partial charge on any atom is 0.241 e. The molecule has 2 heterocycles. The molecule has 0 atom stereocenters. The quantitative estimate of drug-likeness (QED) is 0.850. The number of rotatable bonds is 6. The van der Waals surface area contributed by atoms with Crippen LogP contribution in [0.2, 0.25) is 0 Å². The van der Waals surface area contributed by atoms with E-state index in [1.54, 1.807) is 12.3 Å². The second-order valence-corrected chi connectivity index (χ2v) is 7.69. The van der Waals surface area contributed by atoms with Crippen molar-refractivity contribution < 1.29 is 13.2 Å². The van der Waals surface area contributed by atoms with Gasteiger partial charge in [-0.25, -0.2) is 18.5 Å². The van der Waals surface area contributed by atoms with Crippen molar-refractivity contribution in [3.05, 3.63) is 54.2 Å². The third-order valence-electron chi connectivity index (χ3n) is 4.39. The van der Waals surface area contributed by atoms with Crippen LogP contribution in [0.15, 0.2) is 53.6 Å². The minimum absolute atomic E-state index is 0.0819. The first kappa shape index (κ1) is 17.8. The predicted molar refractivity (Wildman–Crippen MR) is 96.9 cm³/mol. The fraction of sp³-hybridized carbons (Fsp3) is 0.389. The Kier molecular flexibility index (Phi) is 5.67. The molecule has 1 aromatic carbocycles. The Hall–Kier alpha value is -1.96. The van der Waals surface area contributed by atoms with Crippen LogP contribution in [-0.4, -0.2) is 39.2 Å². The van der Waals surface area contributed by atoms with E-state index < -0.39 is 10.0 Å². The van der Waals surface area contributed by atoms with Gasteiger partial charge in [-0.2, -0.15) is 0 Å².